The third kappa shape index (κ3) is 3.25. The van der Waals surface area contributed by atoms with Crippen molar-refractivity contribution in [2.24, 2.45) is 0 Å². The van der Waals surface area contributed by atoms with E-state index in [1.807, 2.05) is 0 Å². The van der Waals surface area contributed by atoms with E-state index in [1.165, 1.54) is 17.8 Å². The van der Waals surface area contributed by atoms with Crippen LogP contribution in [0.25, 0.3) is 0 Å². The molecule has 5 heteroatoms. The molecule has 0 spiro atoms. The van der Waals surface area contributed by atoms with Crippen LogP contribution in [0, 0.1) is 5.82 Å². The second-order valence-corrected chi connectivity index (χ2v) is 4.40. The maximum atomic E-state index is 13.3. The molecule has 2 rings (SSSR count). The van der Waals surface area contributed by atoms with Crippen LogP contribution in [-0.2, 0) is 12.4 Å². The van der Waals surface area contributed by atoms with Crippen LogP contribution >= 0.6 is 11.8 Å². The molecule has 0 amide bonds. The monoisotopic (exact) mass is 250 g/mol. The minimum absolute atomic E-state index is 0.0687. The van der Waals surface area contributed by atoms with Crippen LogP contribution in [-0.4, -0.2) is 15.1 Å². The quantitative estimate of drug-likeness (QED) is 0.846. The van der Waals surface area contributed by atoms with Crippen molar-refractivity contribution in [3.05, 3.63) is 53.9 Å². The van der Waals surface area contributed by atoms with Crippen LogP contribution in [0.15, 0.2) is 41.6 Å². The summed E-state index contributed by atoms with van der Waals surface area (Å²) in [6.07, 6.45) is 3.15. The normalized spacial score (nSPS) is 10.5. The fraction of sp³-hybridized carbons (Fsp3) is 0.167. The Kier molecular flexibility index (Phi) is 4.06. The van der Waals surface area contributed by atoms with E-state index in [0.717, 1.165) is 0 Å². The number of halogens is 1. The highest BCUT2D eigenvalue weighted by molar-refractivity contribution is 7.98. The van der Waals surface area contributed by atoms with E-state index in [0.29, 0.717) is 22.0 Å². The lowest BCUT2D eigenvalue weighted by Gasteiger charge is -2.02. The molecule has 0 atom stereocenters. The van der Waals surface area contributed by atoms with Gasteiger partial charge in [-0.25, -0.2) is 14.4 Å². The van der Waals surface area contributed by atoms with Gasteiger partial charge >= 0.3 is 0 Å². The molecule has 1 heterocycles. The molecule has 0 saturated heterocycles. The lowest BCUT2D eigenvalue weighted by atomic mass is 10.3. The fourth-order valence-electron chi connectivity index (χ4n) is 1.24. The number of aliphatic hydroxyl groups excluding tert-OH is 1. The third-order valence-corrected chi connectivity index (χ3v) is 3.18. The number of rotatable bonds is 4. The molecule has 0 fully saturated rings. The maximum Gasteiger partial charge on any atom is 0.138 e. The Morgan fingerprint density at radius 3 is 2.53 bits per heavy atom. The lowest BCUT2D eigenvalue weighted by molar-refractivity contribution is 0.281. The molecule has 0 unspecified atom stereocenters. The van der Waals surface area contributed by atoms with Gasteiger partial charge in [0.05, 0.1) is 12.4 Å². The lowest BCUT2D eigenvalue weighted by Crippen LogP contribution is -1.95. The molecule has 0 saturated carbocycles. The number of hydrogen-bond donors (Lipinski definition) is 1. The second-order valence-electron chi connectivity index (χ2n) is 3.38. The van der Waals surface area contributed by atoms with Gasteiger partial charge in [0.15, 0.2) is 0 Å². The molecule has 88 valence electrons. The Hall–Kier alpha value is -1.46. The molecule has 3 nitrogen and oxygen atoms in total. The van der Waals surface area contributed by atoms with E-state index in [1.54, 1.807) is 30.6 Å². The molecule has 0 aliphatic heterocycles. The predicted molar refractivity (Wildman–Crippen MR) is 63.9 cm³/mol. The summed E-state index contributed by atoms with van der Waals surface area (Å²) in [5.41, 5.74) is 0.671. The molecular weight excluding hydrogens is 239 g/mol. The van der Waals surface area contributed by atoms with Crippen molar-refractivity contribution >= 4 is 11.8 Å². The molecule has 1 N–H and O–H groups in total. The van der Waals surface area contributed by atoms with Gasteiger partial charge in [-0.3, -0.25) is 0 Å². The van der Waals surface area contributed by atoms with Crippen molar-refractivity contribution in [2.75, 3.05) is 0 Å². The van der Waals surface area contributed by atoms with Gasteiger partial charge in [-0.1, -0.05) is 12.1 Å². The van der Waals surface area contributed by atoms with E-state index in [2.05, 4.69) is 9.97 Å². The second kappa shape index (κ2) is 5.75. The number of aromatic nitrogens is 2. The molecule has 1 aromatic heterocycles. The average molecular weight is 250 g/mol. The largest absolute Gasteiger partial charge is 0.392 e. The van der Waals surface area contributed by atoms with Crippen LogP contribution in [0.5, 0.6) is 0 Å². The SMILES string of the molecule is OCc1cnc(CSc2ccccc2F)nc1. The number of nitrogens with zero attached hydrogens (tertiary/aromatic N) is 2. The van der Waals surface area contributed by atoms with E-state index >= 15 is 0 Å². The highest BCUT2D eigenvalue weighted by atomic mass is 32.2. The topological polar surface area (TPSA) is 46.0 Å². The Balaban J connectivity index is 2.00. The highest BCUT2D eigenvalue weighted by Crippen LogP contribution is 2.23. The van der Waals surface area contributed by atoms with Gasteiger partial charge in [0.2, 0.25) is 0 Å². The summed E-state index contributed by atoms with van der Waals surface area (Å²) >= 11 is 1.35. The summed E-state index contributed by atoms with van der Waals surface area (Å²) in [5, 5.41) is 8.84. The van der Waals surface area contributed by atoms with Gasteiger partial charge in [-0.05, 0) is 12.1 Å². The zero-order valence-corrected chi connectivity index (χ0v) is 9.82. The molecular formula is C12H11FN2OS. The predicted octanol–water partition coefficient (Wildman–Crippen LogP) is 2.40. The minimum Gasteiger partial charge on any atom is -0.392 e. The van der Waals surface area contributed by atoms with Gasteiger partial charge in [0.1, 0.15) is 11.6 Å². The first-order valence-corrected chi connectivity index (χ1v) is 6.06. The Morgan fingerprint density at radius 1 is 1.18 bits per heavy atom. The summed E-state index contributed by atoms with van der Waals surface area (Å²) in [4.78, 5) is 8.75. The van der Waals surface area contributed by atoms with Crippen LogP contribution in [0.4, 0.5) is 4.39 Å². The van der Waals surface area contributed by atoms with Crippen LogP contribution in [0.2, 0.25) is 0 Å². The zero-order chi connectivity index (χ0) is 12.1. The van der Waals surface area contributed by atoms with Crippen LogP contribution in [0.1, 0.15) is 11.4 Å². The third-order valence-electron chi connectivity index (χ3n) is 2.13. The average Bonchev–Trinajstić information content (AvgIpc) is 2.38. The first-order chi connectivity index (χ1) is 8.29. The number of aliphatic hydroxyl groups is 1. The van der Waals surface area contributed by atoms with Crippen molar-refractivity contribution in [1.82, 2.24) is 9.97 Å². The Morgan fingerprint density at radius 2 is 1.88 bits per heavy atom. The maximum absolute atomic E-state index is 13.3. The number of benzene rings is 1. The first-order valence-electron chi connectivity index (χ1n) is 5.07. The van der Waals surface area contributed by atoms with Gasteiger partial charge in [-0.2, -0.15) is 0 Å². The summed E-state index contributed by atoms with van der Waals surface area (Å²) in [6.45, 7) is -0.0687. The molecule has 0 aliphatic carbocycles. The summed E-state index contributed by atoms with van der Waals surface area (Å²) in [7, 11) is 0. The van der Waals surface area contributed by atoms with Crippen LogP contribution < -0.4 is 0 Å². The molecule has 1 aromatic carbocycles. The molecule has 2 aromatic rings. The summed E-state index contributed by atoms with van der Waals surface area (Å²) in [6, 6.07) is 6.60. The van der Waals surface area contributed by atoms with Gasteiger partial charge < -0.3 is 5.11 Å². The van der Waals surface area contributed by atoms with Crippen molar-refractivity contribution in [3.63, 3.8) is 0 Å². The Labute approximate surface area is 103 Å². The molecule has 0 radical (unpaired) electrons. The first kappa shape index (κ1) is 12.0. The molecule has 0 aliphatic rings. The van der Waals surface area contributed by atoms with E-state index in [4.69, 9.17) is 5.11 Å². The summed E-state index contributed by atoms with van der Waals surface area (Å²) in [5.74, 6) is 0.895. The van der Waals surface area contributed by atoms with Crippen molar-refractivity contribution in [3.8, 4) is 0 Å². The van der Waals surface area contributed by atoms with E-state index < -0.39 is 0 Å². The standard InChI is InChI=1S/C12H11FN2OS/c13-10-3-1-2-4-11(10)17-8-12-14-5-9(7-16)6-15-12/h1-6,16H,7-8H2. The number of thioether (sulfide) groups is 1. The van der Waals surface area contributed by atoms with Crippen molar-refractivity contribution in [2.45, 2.75) is 17.3 Å². The molecule has 17 heavy (non-hydrogen) atoms. The number of hydrogen-bond acceptors (Lipinski definition) is 4. The van der Waals surface area contributed by atoms with Gasteiger partial charge in [0, 0.05) is 22.9 Å². The smallest absolute Gasteiger partial charge is 0.138 e. The fourth-order valence-corrected chi connectivity index (χ4v) is 2.06. The highest BCUT2D eigenvalue weighted by Gasteiger charge is 2.03. The van der Waals surface area contributed by atoms with Crippen molar-refractivity contribution in [1.29, 1.82) is 0 Å². The Bertz CT molecular complexity index is 490. The van der Waals surface area contributed by atoms with Gasteiger partial charge in [0.25, 0.3) is 0 Å². The van der Waals surface area contributed by atoms with Crippen LogP contribution in [0.3, 0.4) is 0 Å². The van der Waals surface area contributed by atoms with Crippen molar-refractivity contribution < 1.29 is 9.50 Å². The molecule has 0 bridgehead atoms. The summed E-state index contributed by atoms with van der Waals surface area (Å²) < 4.78 is 13.3. The van der Waals surface area contributed by atoms with E-state index in [9.17, 15) is 4.39 Å². The minimum atomic E-state index is -0.232. The zero-order valence-electron chi connectivity index (χ0n) is 9.01. The van der Waals surface area contributed by atoms with Gasteiger partial charge in [-0.15, -0.1) is 11.8 Å². The van der Waals surface area contributed by atoms with E-state index in [-0.39, 0.29) is 12.4 Å².